The van der Waals surface area contributed by atoms with Crippen molar-refractivity contribution in [2.75, 3.05) is 11.1 Å². The Morgan fingerprint density at radius 2 is 2.27 bits per heavy atom. The number of nitrogens with two attached hydrogens (primary N) is 1. The summed E-state index contributed by atoms with van der Waals surface area (Å²) in [5, 5.41) is 6.89. The summed E-state index contributed by atoms with van der Waals surface area (Å²) in [5.74, 6) is 0.728. The first-order valence-corrected chi connectivity index (χ1v) is 4.76. The lowest BCUT2D eigenvalue weighted by atomic mass is 10.1. The van der Waals surface area contributed by atoms with Gasteiger partial charge in [0.15, 0.2) is 0 Å². The van der Waals surface area contributed by atoms with Crippen molar-refractivity contribution < 1.29 is 4.52 Å². The molecule has 2 heterocycles. The summed E-state index contributed by atoms with van der Waals surface area (Å²) in [6, 6.07) is 8.19. The third-order valence-electron chi connectivity index (χ3n) is 2.53. The van der Waals surface area contributed by atoms with Gasteiger partial charge in [-0.2, -0.15) is 4.98 Å². The maximum atomic E-state index is 5.41. The van der Waals surface area contributed by atoms with Crippen molar-refractivity contribution in [2.45, 2.75) is 12.5 Å². The van der Waals surface area contributed by atoms with Crippen LogP contribution in [0.3, 0.4) is 0 Å². The fourth-order valence-corrected chi connectivity index (χ4v) is 1.84. The number of nitrogens with one attached hydrogen (secondary N) is 1. The fourth-order valence-electron chi connectivity index (χ4n) is 1.84. The van der Waals surface area contributed by atoms with Crippen molar-refractivity contribution in [1.29, 1.82) is 0 Å². The summed E-state index contributed by atoms with van der Waals surface area (Å²) < 4.78 is 5.03. The molecule has 1 aliphatic heterocycles. The van der Waals surface area contributed by atoms with Gasteiger partial charge in [0.2, 0.25) is 0 Å². The maximum Gasteiger partial charge on any atom is 0.260 e. The number of hydrogen-bond donors (Lipinski definition) is 2. The van der Waals surface area contributed by atoms with Crippen molar-refractivity contribution in [3.05, 3.63) is 35.7 Å². The summed E-state index contributed by atoms with van der Waals surface area (Å²) >= 11 is 0. The average Bonchev–Trinajstić information content (AvgIpc) is 2.82. The number of rotatable bonds is 1. The molecule has 1 atom stereocenters. The van der Waals surface area contributed by atoms with E-state index < -0.39 is 0 Å². The molecular weight excluding hydrogens is 192 g/mol. The molecule has 0 fully saturated rings. The Morgan fingerprint density at radius 3 is 3.00 bits per heavy atom. The maximum absolute atomic E-state index is 5.41. The van der Waals surface area contributed by atoms with Crippen LogP contribution in [0, 0.1) is 0 Å². The van der Waals surface area contributed by atoms with E-state index in [-0.39, 0.29) is 12.0 Å². The molecule has 0 bridgehead atoms. The largest absolute Gasteiger partial charge is 0.373 e. The lowest BCUT2D eigenvalue weighted by Gasteiger charge is -2.03. The van der Waals surface area contributed by atoms with E-state index in [4.69, 9.17) is 10.3 Å². The molecule has 0 radical (unpaired) electrons. The van der Waals surface area contributed by atoms with Gasteiger partial charge in [-0.3, -0.25) is 0 Å². The third-order valence-corrected chi connectivity index (χ3v) is 2.53. The normalized spacial score (nSPS) is 18.5. The number of nitrogens with zero attached hydrogens (tertiary/aromatic N) is 2. The topological polar surface area (TPSA) is 77.0 Å². The van der Waals surface area contributed by atoms with Gasteiger partial charge >= 0.3 is 0 Å². The number of fused-ring (bicyclic) bond motifs is 1. The SMILES string of the molecule is Nc1noc([C@@H]2Cc3ccccc3N2)n1. The number of hydrogen-bond acceptors (Lipinski definition) is 5. The number of benzene rings is 1. The van der Waals surface area contributed by atoms with Gasteiger partial charge in [0.25, 0.3) is 11.8 Å². The highest BCUT2D eigenvalue weighted by Gasteiger charge is 2.25. The van der Waals surface area contributed by atoms with Crippen molar-refractivity contribution >= 4 is 11.6 Å². The molecule has 0 unspecified atom stereocenters. The first-order valence-electron chi connectivity index (χ1n) is 4.76. The van der Waals surface area contributed by atoms with Crippen molar-refractivity contribution in [1.82, 2.24) is 10.1 Å². The Morgan fingerprint density at radius 1 is 1.40 bits per heavy atom. The zero-order valence-electron chi connectivity index (χ0n) is 7.97. The molecule has 1 aromatic carbocycles. The van der Waals surface area contributed by atoms with Gasteiger partial charge in [0, 0.05) is 12.1 Å². The van der Waals surface area contributed by atoms with Gasteiger partial charge in [-0.1, -0.05) is 18.2 Å². The quantitative estimate of drug-likeness (QED) is 0.730. The van der Waals surface area contributed by atoms with Gasteiger partial charge < -0.3 is 15.6 Å². The Bertz CT molecular complexity index is 469. The molecule has 5 heteroatoms. The summed E-state index contributed by atoms with van der Waals surface area (Å²) in [6.45, 7) is 0. The van der Waals surface area contributed by atoms with E-state index >= 15 is 0 Å². The summed E-state index contributed by atoms with van der Waals surface area (Å²) in [4.78, 5) is 4.01. The molecule has 0 spiro atoms. The van der Waals surface area contributed by atoms with Crippen LogP contribution < -0.4 is 11.1 Å². The van der Waals surface area contributed by atoms with Crippen LogP contribution in [0.5, 0.6) is 0 Å². The molecule has 3 rings (SSSR count). The van der Waals surface area contributed by atoms with Crippen LogP contribution in [-0.4, -0.2) is 10.1 Å². The Hall–Kier alpha value is -2.04. The highest BCUT2D eigenvalue weighted by molar-refractivity contribution is 5.57. The number of para-hydroxylation sites is 1. The van der Waals surface area contributed by atoms with E-state index in [0.717, 1.165) is 12.1 Å². The first-order chi connectivity index (χ1) is 7.33. The highest BCUT2D eigenvalue weighted by atomic mass is 16.5. The van der Waals surface area contributed by atoms with Crippen molar-refractivity contribution in [2.24, 2.45) is 0 Å². The van der Waals surface area contributed by atoms with E-state index in [1.807, 2.05) is 18.2 Å². The molecular formula is C10H10N4O. The summed E-state index contributed by atoms with van der Waals surface area (Å²) in [6.07, 6.45) is 0.859. The summed E-state index contributed by atoms with van der Waals surface area (Å²) in [7, 11) is 0. The zero-order chi connectivity index (χ0) is 10.3. The zero-order valence-corrected chi connectivity index (χ0v) is 7.97. The number of nitrogen functional groups attached to an aromatic ring is 1. The number of anilines is 2. The minimum Gasteiger partial charge on any atom is -0.373 e. The van der Waals surface area contributed by atoms with E-state index in [2.05, 4.69) is 21.5 Å². The van der Waals surface area contributed by atoms with Gasteiger partial charge in [0.1, 0.15) is 6.04 Å². The second-order valence-corrected chi connectivity index (χ2v) is 3.55. The minimum absolute atomic E-state index is 0.0483. The summed E-state index contributed by atoms with van der Waals surface area (Å²) in [5.41, 5.74) is 7.80. The van der Waals surface area contributed by atoms with Crippen LogP contribution >= 0.6 is 0 Å². The third kappa shape index (κ3) is 1.32. The van der Waals surface area contributed by atoms with Crippen LogP contribution in [0.25, 0.3) is 0 Å². The van der Waals surface area contributed by atoms with E-state index in [1.54, 1.807) is 0 Å². The second kappa shape index (κ2) is 2.98. The van der Waals surface area contributed by atoms with Crippen LogP contribution in [0.15, 0.2) is 28.8 Å². The Kier molecular flexibility index (Phi) is 1.65. The molecule has 5 nitrogen and oxygen atoms in total. The van der Waals surface area contributed by atoms with E-state index in [0.29, 0.717) is 5.89 Å². The lowest BCUT2D eigenvalue weighted by molar-refractivity contribution is 0.364. The van der Waals surface area contributed by atoms with Crippen molar-refractivity contribution in [3.63, 3.8) is 0 Å². The standard InChI is InChI=1S/C10H10N4O/c11-10-13-9(15-14-10)8-5-6-3-1-2-4-7(6)12-8/h1-4,8,12H,5H2,(H2,11,14)/t8-/m0/s1. The van der Waals surface area contributed by atoms with E-state index in [9.17, 15) is 0 Å². The Labute approximate surface area is 86.3 Å². The van der Waals surface area contributed by atoms with Crippen LogP contribution in [-0.2, 0) is 6.42 Å². The monoisotopic (exact) mass is 202 g/mol. The number of aromatic nitrogens is 2. The van der Waals surface area contributed by atoms with Gasteiger partial charge in [-0.05, 0) is 16.8 Å². The first kappa shape index (κ1) is 8.28. The molecule has 3 N–H and O–H groups in total. The average molecular weight is 202 g/mol. The molecule has 15 heavy (non-hydrogen) atoms. The lowest BCUT2D eigenvalue weighted by Crippen LogP contribution is -2.06. The Balaban J connectivity index is 1.90. The molecule has 0 saturated heterocycles. The predicted molar refractivity (Wildman–Crippen MR) is 55.2 cm³/mol. The highest BCUT2D eigenvalue weighted by Crippen LogP contribution is 2.32. The van der Waals surface area contributed by atoms with Gasteiger partial charge in [-0.25, -0.2) is 0 Å². The molecule has 76 valence electrons. The minimum atomic E-state index is 0.0483. The van der Waals surface area contributed by atoms with Crippen molar-refractivity contribution in [3.8, 4) is 0 Å². The molecule has 1 aliphatic rings. The predicted octanol–water partition coefficient (Wildman–Crippen LogP) is 1.36. The molecule has 0 amide bonds. The molecule has 2 aromatic rings. The van der Waals surface area contributed by atoms with Gasteiger partial charge in [-0.15, -0.1) is 0 Å². The fraction of sp³-hybridized carbons (Fsp3) is 0.200. The molecule has 1 aromatic heterocycles. The van der Waals surface area contributed by atoms with E-state index in [1.165, 1.54) is 5.56 Å². The molecule has 0 saturated carbocycles. The second-order valence-electron chi connectivity index (χ2n) is 3.55. The van der Waals surface area contributed by atoms with Gasteiger partial charge in [0.05, 0.1) is 0 Å². The molecule has 0 aliphatic carbocycles. The van der Waals surface area contributed by atoms with Crippen LogP contribution in [0.1, 0.15) is 17.5 Å². The van der Waals surface area contributed by atoms with Crippen LogP contribution in [0.2, 0.25) is 0 Å². The van der Waals surface area contributed by atoms with Crippen LogP contribution in [0.4, 0.5) is 11.6 Å². The smallest absolute Gasteiger partial charge is 0.260 e.